The molecule has 2 aromatic rings. The fraction of sp³-hybridized carbons (Fsp3) is 0.562. The number of aryl methyl sites for hydroxylation is 1. The molecule has 0 aromatic heterocycles. The number of fused-ring (bicyclic) bond motifs is 3. The van der Waals surface area contributed by atoms with Crippen molar-refractivity contribution >= 4 is 11.9 Å². The summed E-state index contributed by atoms with van der Waals surface area (Å²) in [6.07, 6.45) is -0.728. The average Bonchev–Trinajstić information content (AvgIpc) is 2.91. The molecular weight excluding hydrogens is 541 g/mol. The molecule has 1 N–H and O–H groups in total. The molecule has 2 aromatic carbocycles. The number of carboxylic acid groups (broad SMARTS) is 1. The van der Waals surface area contributed by atoms with Gasteiger partial charge in [-0.1, -0.05) is 37.3 Å². The van der Waals surface area contributed by atoms with Crippen molar-refractivity contribution in [3.05, 3.63) is 70.5 Å². The van der Waals surface area contributed by atoms with Gasteiger partial charge in [-0.25, -0.2) is 8.78 Å². The number of hydrogen-bond donors (Lipinski definition) is 1. The maximum Gasteiger partial charge on any atom is 0.426 e. The Hall–Kier alpha value is -2.97. The number of nitrogens with zero attached hydrogens (tertiary/aromatic N) is 1. The maximum atomic E-state index is 15.0. The van der Waals surface area contributed by atoms with Gasteiger partial charge < -0.3 is 10.0 Å². The first-order valence-corrected chi connectivity index (χ1v) is 14.4. The zero-order valence-electron chi connectivity index (χ0n) is 23.4. The van der Waals surface area contributed by atoms with Crippen LogP contribution < -0.4 is 0 Å². The zero-order chi connectivity index (χ0) is 29.8. The lowest BCUT2D eigenvalue weighted by Crippen LogP contribution is -2.62. The lowest BCUT2D eigenvalue weighted by atomic mass is 9.58. The van der Waals surface area contributed by atoms with Crippen LogP contribution in [-0.4, -0.2) is 40.6 Å². The van der Waals surface area contributed by atoms with E-state index in [1.165, 1.54) is 24.3 Å². The van der Waals surface area contributed by atoms with Crippen LogP contribution in [-0.2, 0) is 33.5 Å². The largest absolute Gasteiger partial charge is 0.481 e. The molecule has 1 amide bonds. The second kappa shape index (κ2) is 10.4. The Morgan fingerprint density at radius 3 is 2.37 bits per heavy atom. The van der Waals surface area contributed by atoms with Crippen LogP contribution >= 0.6 is 0 Å². The van der Waals surface area contributed by atoms with Gasteiger partial charge in [0.2, 0.25) is 11.6 Å². The lowest BCUT2D eigenvalue weighted by molar-refractivity contribution is -0.228. The molecule has 2 fully saturated rings. The third-order valence-corrected chi connectivity index (χ3v) is 10.1. The van der Waals surface area contributed by atoms with Crippen molar-refractivity contribution in [2.45, 2.75) is 94.9 Å². The molecule has 1 saturated heterocycles. The summed E-state index contributed by atoms with van der Waals surface area (Å²) in [6.45, 7) is 2.96. The summed E-state index contributed by atoms with van der Waals surface area (Å²) < 4.78 is 69.9. The van der Waals surface area contributed by atoms with Crippen molar-refractivity contribution < 1.29 is 36.6 Å². The number of hydrogen-bond acceptors (Lipinski definition) is 2. The van der Waals surface area contributed by atoms with Crippen LogP contribution in [0.25, 0.3) is 0 Å². The number of likely N-dealkylation sites (tertiary alicyclic amines) is 1. The van der Waals surface area contributed by atoms with Crippen molar-refractivity contribution in [2.24, 2.45) is 11.3 Å². The van der Waals surface area contributed by atoms with E-state index < -0.39 is 45.9 Å². The van der Waals surface area contributed by atoms with Crippen LogP contribution in [0.15, 0.2) is 42.5 Å². The number of rotatable bonds is 5. The Kier molecular flexibility index (Phi) is 7.48. The highest BCUT2D eigenvalue weighted by Crippen LogP contribution is 2.52. The van der Waals surface area contributed by atoms with Gasteiger partial charge in [-0.05, 0) is 99.1 Å². The van der Waals surface area contributed by atoms with Gasteiger partial charge in [0.15, 0.2) is 0 Å². The maximum absolute atomic E-state index is 15.0. The predicted octanol–water partition coefficient (Wildman–Crippen LogP) is 7.27. The second-order valence-electron chi connectivity index (χ2n) is 12.7. The number of halogens is 5. The van der Waals surface area contributed by atoms with Crippen molar-refractivity contribution in [3.8, 4) is 0 Å². The molecule has 0 bridgehead atoms. The highest BCUT2D eigenvalue weighted by Gasteiger charge is 2.56. The molecule has 5 rings (SSSR count). The summed E-state index contributed by atoms with van der Waals surface area (Å²) in [5.74, 6) is -1.72. The molecule has 2 aliphatic carbocycles. The molecule has 41 heavy (non-hydrogen) atoms. The summed E-state index contributed by atoms with van der Waals surface area (Å²) >= 11 is 0. The van der Waals surface area contributed by atoms with Crippen molar-refractivity contribution in [2.75, 3.05) is 6.54 Å². The van der Waals surface area contributed by atoms with E-state index in [9.17, 15) is 36.6 Å². The molecule has 1 aliphatic heterocycles. The number of aliphatic carboxylic acids is 1. The Balaban J connectivity index is 1.55. The number of carbonyl (C=O) groups excluding carboxylic acids is 1. The Morgan fingerprint density at radius 1 is 1.02 bits per heavy atom. The van der Waals surface area contributed by atoms with Gasteiger partial charge in [0, 0.05) is 23.4 Å². The van der Waals surface area contributed by atoms with E-state index in [0.29, 0.717) is 76.8 Å². The fourth-order valence-corrected chi connectivity index (χ4v) is 7.58. The number of piperidine rings is 1. The molecule has 4 nitrogen and oxygen atoms in total. The Bertz CT molecular complexity index is 1330. The van der Waals surface area contributed by atoms with Crippen LogP contribution in [0.5, 0.6) is 0 Å². The minimum Gasteiger partial charge on any atom is -0.481 e. The molecule has 3 aliphatic rings. The first kappa shape index (κ1) is 29.5. The molecule has 9 heteroatoms. The molecule has 1 heterocycles. The standard InChI is InChI=1S/C32H36F5NO3/c1-29(14-11-21(12-15-29)27(39)40)28(41)38-16-4-13-31(19-20-5-3-6-24(33)17-20)25-9-8-23(30(2,34)32(35,36)37)18-22(25)7-10-26(31)38/h3,5-6,8-9,17-18,21,26H,4,7,10-16,19H2,1-2H3,(H,39,40)/t21-,26?,29-,30?,31?. The van der Waals surface area contributed by atoms with Gasteiger partial charge in [0.05, 0.1) is 5.92 Å². The van der Waals surface area contributed by atoms with Crippen LogP contribution in [0.2, 0.25) is 0 Å². The molecular formula is C32H36F5NO3. The molecule has 222 valence electrons. The highest BCUT2D eigenvalue weighted by molar-refractivity contribution is 5.83. The lowest BCUT2D eigenvalue weighted by Gasteiger charge is -2.55. The predicted molar refractivity (Wildman–Crippen MR) is 143 cm³/mol. The fourth-order valence-electron chi connectivity index (χ4n) is 7.58. The van der Waals surface area contributed by atoms with Gasteiger partial charge in [-0.3, -0.25) is 9.59 Å². The van der Waals surface area contributed by atoms with E-state index in [1.54, 1.807) is 12.1 Å². The summed E-state index contributed by atoms with van der Waals surface area (Å²) in [5.41, 5.74) is -3.21. The molecule has 0 radical (unpaired) electrons. The quantitative estimate of drug-likeness (QED) is 0.380. The topological polar surface area (TPSA) is 57.6 Å². The number of carbonyl (C=O) groups is 2. The van der Waals surface area contributed by atoms with Gasteiger partial charge >= 0.3 is 12.1 Å². The van der Waals surface area contributed by atoms with Crippen LogP contribution in [0.3, 0.4) is 0 Å². The average molecular weight is 578 g/mol. The van der Waals surface area contributed by atoms with E-state index in [1.807, 2.05) is 17.9 Å². The SMILES string of the molecule is CC(F)(c1ccc2c(c1)CCC1N(C(=O)[C@]3(C)CC[C@@H](C(=O)O)CC3)CCCC21Cc1cccc(F)c1)C(F)(F)F. The summed E-state index contributed by atoms with van der Waals surface area (Å²) in [5, 5.41) is 9.44. The normalized spacial score (nSPS) is 29.7. The Labute approximate surface area is 236 Å². The van der Waals surface area contributed by atoms with Gasteiger partial charge in [0.25, 0.3) is 0 Å². The third kappa shape index (κ3) is 5.14. The molecule has 3 atom stereocenters. The molecule has 3 unspecified atom stereocenters. The first-order chi connectivity index (χ1) is 19.2. The smallest absolute Gasteiger partial charge is 0.426 e. The third-order valence-electron chi connectivity index (χ3n) is 10.1. The number of benzene rings is 2. The van der Waals surface area contributed by atoms with Crippen molar-refractivity contribution in [1.29, 1.82) is 0 Å². The van der Waals surface area contributed by atoms with Crippen LogP contribution in [0, 0.1) is 17.2 Å². The first-order valence-electron chi connectivity index (χ1n) is 14.4. The van der Waals surface area contributed by atoms with Crippen molar-refractivity contribution in [3.63, 3.8) is 0 Å². The van der Waals surface area contributed by atoms with E-state index >= 15 is 0 Å². The van der Waals surface area contributed by atoms with Crippen LogP contribution in [0.1, 0.15) is 81.0 Å². The minimum absolute atomic E-state index is 0.0249. The van der Waals surface area contributed by atoms with E-state index in [4.69, 9.17) is 0 Å². The second-order valence-corrected chi connectivity index (χ2v) is 12.7. The van der Waals surface area contributed by atoms with Gasteiger partial charge in [-0.2, -0.15) is 13.2 Å². The number of alkyl halides is 4. The van der Waals surface area contributed by atoms with Gasteiger partial charge in [0.1, 0.15) is 5.82 Å². The summed E-state index contributed by atoms with van der Waals surface area (Å²) in [7, 11) is 0. The number of carboxylic acids is 1. The monoisotopic (exact) mass is 577 g/mol. The van der Waals surface area contributed by atoms with E-state index in [0.717, 1.165) is 11.1 Å². The zero-order valence-corrected chi connectivity index (χ0v) is 23.4. The van der Waals surface area contributed by atoms with E-state index in [-0.39, 0.29) is 11.9 Å². The van der Waals surface area contributed by atoms with Gasteiger partial charge in [-0.15, -0.1) is 0 Å². The van der Waals surface area contributed by atoms with Crippen molar-refractivity contribution in [1.82, 2.24) is 4.90 Å². The summed E-state index contributed by atoms with van der Waals surface area (Å²) in [6, 6.07) is 10.1. The minimum atomic E-state index is -5.07. The van der Waals surface area contributed by atoms with Crippen LogP contribution in [0.4, 0.5) is 22.0 Å². The Morgan fingerprint density at radius 2 is 1.73 bits per heavy atom. The molecule has 0 spiro atoms. The summed E-state index contributed by atoms with van der Waals surface area (Å²) in [4.78, 5) is 27.6. The highest BCUT2D eigenvalue weighted by atomic mass is 19.4. The number of amides is 1. The van der Waals surface area contributed by atoms with E-state index in [2.05, 4.69) is 0 Å². The molecule has 1 saturated carbocycles.